The normalized spacial score (nSPS) is 11.0. The molecule has 0 saturated heterocycles. The number of hydrogen-bond donors (Lipinski definition) is 3. The van der Waals surface area contributed by atoms with Crippen molar-refractivity contribution >= 4 is 22.6 Å². The number of likely N-dealkylation sites (N-methyl/N-ethyl adjacent to an activating group) is 1. The lowest BCUT2D eigenvalue weighted by Crippen LogP contribution is -2.16. The second kappa shape index (κ2) is 6.89. The standard InChI is InChI=1S/C17H18ClN3O2/c1-19-7-8-23-14-10-13(18)12(9-11-5-3-2-4-6-11)15-16(14)21-17(22)20-15/h2-6,10,19H,7-9H2,1H3,(H2,20,21,22). The number of halogens is 1. The molecule has 5 nitrogen and oxygen atoms in total. The van der Waals surface area contributed by atoms with E-state index in [1.165, 1.54) is 0 Å². The Hall–Kier alpha value is -2.24. The van der Waals surface area contributed by atoms with E-state index in [4.69, 9.17) is 16.3 Å². The van der Waals surface area contributed by atoms with Crippen molar-refractivity contribution in [3.8, 4) is 5.75 Å². The quantitative estimate of drug-likeness (QED) is 0.608. The van der Waals surface area contributed by atoms with Crippen LogP contribution >= 0.6 is 11.6 Å². The first-order chi connectivity index (χ1) is 11.2. The van der Waals surface area contributed by atoms with Gasteiger partial charge in [-0.15, -0.1) is 0 Å². The molecule has 1 heterocycles. The van der Waals surface area contributed by atoms with Gasteiger partial charge < -0.3 is 20.0 Å². The van der Waals surface area contributed by atoms with Gasteiger partial charge in [0, 0.05) is 24.6 Å². The van der Waals surface area contributed by atoms with E-state index in [-0.39, 0.29) is 5.69 Å². The zero-order valence-corrected chi connectivity index (χ0v) is 13.5. The number of H-pyrrole nitrogens is 2. The van der Waals surface area contributed by atoms with Crippen LogP contribution in [-0.4, -0.2) is 30.2 Å². The molecule has 0 unspecified atom stereocenters. The van der Waals surface area contributed by atoms with Gasteiger partial charge in [-0.25, -0.2) is 4.79 Å². The number of rotatable bonds is 6. The van der Waals surface area contributed by atoms with Crippen molar-refractivity contribution in [2.45, 2.75) is 6.42 Å². The first-order valence-corrected chi connectivity index (χ1v) is 7.81. The number of aromatic amines is 2. The van der Waals surface area contributed by atoms with Gasteiger partial charge in [0.05, 0.1) is 10.5 Å². The molecule has 6 heteroatoms. The van der Waals surface area contributed by atoms with E-state index >= 15 is 0 Å². The fourth-order valence-corrected chi connectivity index (χ4v) is 2.80. The Morgan fingerprint density at radius 2 is 1.91 bits per heavy atom. The molecule has 0 spiro atoms. The minimum Gasteiger partial charge on any atom is -0.490 e. The monoisotopic (exact) mass is 331 g/mol. The largest absolute Gasteiger partial charge is 0.490 e. The molecular formula is C17H18ClN3O2. The van der Waals surface area contributed by atoms with Gasteiger partial charge in [-0.2, -0.15) is 0 Å². The van der Waals surface area contributed by atoms with Gasteiger partial charge in [-0.05, 0) is 12.6 Å². The minimum atomic E-state index is -0.268. The van der Waals surface area contributed by atoms with Crippen LogP contribution in [0.2, 0.25) is 5.02 Å². The molecule has 0 aliphatic heterocycles. The number of hydrogen-bond acceptors (Lipinski definition) is 3. The van der Waals surface area contributed by atoms with E-state index in [0.717, 1.165) is 11.1 Å². The second-order valence-electron chi connectivity index (χ2n) is 5.28. The van der Waals surface area contributed by atoms with E-state index in [0.29, 0.717) is 41.4 Å². The van der Waals surface area contributed by atoms with Crippen LogP contribution in [0.4, 0.5) is 0 Å². The van der Waals surface area contributed by atoms with E-state index in [2.05, 4.69) is 15.3 Å². The summed E-state index contributed by atoms with van der Waals surface area (Å²) < 4.78 is 5.72. The highest BCUT2D eigenvalue weighted by Crippen LogP contribution is 2.33. The van der Waals surface area contributed by atoms with Gasteiger partial charge in [-0.1, -0.05) is 41.9 Å². The molecule has 0 radical (unpaired) electrons. The Bertz CT molecular complexity index is 855. The number of benzene rings is 2. The zero-order valence-electron chi connectivity index (χ0n) is 12.8. The summed E-state index contributed by atoms with van der Waals surface area (Å²) in [4.78, 5) is 17.4. The second-order valence-corrected chi connectivity index (χ2v) is 5.69. The van der Waals surface area contributed by atoms with Crippen molar-refractivity contribution in [2.75, 3.05) is 20.2 Å². The molecule has 1 aromatic heterocycles. The smallest absolute Gasteiger partial charge is 0.323 e. The molecule has 120 valence electrons. The summed E-state index contributed by atoms with van der Waals surface area (Å²) in [6, 6.07) is 11.8. The molecule has 0 saturated carbocycles. The molecule has 0 fully saturated rings. The van der Waals surface area contributed by atoms with Crippen LogP contribution in [-0.2, 0) is 6.42 Å². The highest BCUT2D eigenvalue weighted by Gasteiger charge is 2.15. The predicted molar refractivity (Wildman–Crippen MR) is 92.6 cm³/mol. The van der Waals surface area contributed by atoms with Crippen molar-refractivity contribution in [3.05, 3.63) is 63.0 Å². The van der Waals surface area contributed by atoms with Gasteiger partial charge in [0.25, 0.3) is 0 Å². The average Bonchev–Trinajstić information content (AvgIpc) is 2.94. The number of imidazole rings is 1. The summed E-state index contributed by atoms with van der Waals surface area (Å²) >= 11 is 6.45. The Kier molecular flexibility index (Phi) is 4.69. The van der Waals surface area contributed by atoms with Crippen molar-refractivity contribution in [1.82, 2.24) is 15.3 Å². The number of nitrogens with one attached hydrogen (secondary N) is 3. The van der Waals surface area contributed by atoms with Crippen LogP contribution in [0.5, 0.6) is 5.75 Å². The molecule has 23 heavy (non-hydrogen) atoms. The molecule has 3 rings (SSSR count). The lowest BCUT2D eigenvalue weighted by Gasteiger charge is -2.11. The van der Waals surface area contributed by atoms with Crippen molar-refractivity contribution in [3.63, 3.8) is 0 Å². The van der Waals surface area contributed by atoms with Crippen molar-refractivity contribution in [2.24, 2.45) is 0 Å². The molecular weight excluding hydrogens is 314 g/mol. The summed E-state index contributed by atoms with van der Waals surface area (Å²) in [6.07, 6.45) is 0.640. The summed E-state index contributed by atoms with van der Waals surface area (Å²) in [5.41, 5.74) is 3.09. The lowest BCUT2D eigenvalue weighted by molar-refractivity contribution is 0.321. The number of ether oxygens (including phenoxy) is 1. The van der Waals surface area contributed by atoms with E-state index < -0.39 is 0 Å². The highest BCUT2D eigenvalue weighted by molar-refractivity contribution is 6.32. The van der Waals surface area contributed by atoms with Gasteiger partial charge in [0.1, 0.15) is 17.9 Å². The lowest BCUT2D eigenvalue weighted by atomic mass is 10.0. The fraction of sp³-hybridized carbons (Fsp3) is 0.235. The average molecular weight is 332 g/mol. The third-order valence-corrected chi connectivity index (χ3v) is 3.99. The summed E-state index contributed by atoms with van der Waals surface area (Å²) in [7, 11) is 1.85. The van der Waals surface area contributed by atoms with Gasteiger partial charge in [0.2, 0.25) is 0 Å². The van der Waals surface area contributed by atoms with Crippen LogP contribution in [0, 0.1) is 0 Å². The van der Waals surface area contributed by atoms with Gasteiger partial charge in [-0.3, -0.25) is 0 Å². The SMILES string of the molecule is CNCCOc1cc(Cl)c(Cc2ccccc2)c2[nH]c(=O)[nH]c12. The molecule has 0 atom stereocenters. The van der Waals surface area contributed by atoms with Crippen LogP contribution in [0.25, 0.3) is 11.0 Å². The van der Waals surface area contributed by atoms with E-state index in [1.807, 2.05) is 37.4 Å². The minimum absolute atomic E-state index is 0.268. The fourth-order valence-electron chi connectivity index (χ4n) is 2.54. The highest BCUT2D eigenvalue weighted by atomic mass is 35.5. The molecule has 0 aliphatic carbocycles. The van der Waals surface area contributed by atoms with Crippen molar-refractivity contribution < 1.29 is 4.74 Å². The zero-order chi connectivity index (χ0) is 16.2. The molecule has 3 aromatic rings. The molecule has 0 aliphatic rings. The van der Waals surface area contributed by atoms with Crippen LogP contribution in [0.3, 0.4) is 0 Å². The third kappa shape index (κ3) is 3.41. The Morgan fingerprint density at radius 3 is 2.65 bits per heavy atom. The third-order valence-electron chi connectivity index (χ3n) is 3.65. The van der Waals surface area contributed by atoms with Crippen LogP contribution in [0.15, 0.2) is 41.2 Å². The number of aromatic nitrogens is 2. The number of fused-ring (bicyclic) bond motifs is 1. The Balaban J connectivity index is 2.03. The summed E-state index contributed by atoms with van der Waals surface area (Å²) in [5, 5.41) is 3.59. The summed E-state index contributed by atoms with van der Waals surface area (Å²) in [6.45, 7) is 1.20. The first kappa shape index (κ1) is 15.6. The van der Waals surface area contributed by atoms with Crippen molar-refractivity contribution in [1.29, 1.82) is 0 Å². The van der Waals surface area contributed by atoms with E-state index in [9.17, 15) is 4.79 Å². The van der Waals surface area contributed by atoms with Gasteiger partial charge in [0.15, 0.2) is 0 Å². The maximum absolute atomic E-state index is 11.8. The van der Waals surface area contributed by atoms with E-state index in [1.54, 1.807) is 6.07 Å². The summed E-state index contributed by atoms with van der Waals surface area (Å²) in [5.74, 6) is 0.579. The molecule has 0 bridgehead atoms. The molecule has 3 N–H and O–H groups in total. The predicted octanol–water partition coefficient (Wildman–Crippen LogP) is 2.70. The Labute approximate surface area is 138 Å². The topological polar surface area (TPSA) is 69.9 Å². The maximum Gasteiger partial charge on any atom is 0.323 e. The van der Waals surface area contributed by atoms with Crippen LogP contribution in [0.1, 0.15) is 11.1 Å². The Morgan fingerprint density at radius 1 is 1.17 bits per heavy atom. The molecule has 2 aromatic carbocycles. The molecule has 0 amide bonds. The van der Waals surface area contributed by atoms with Crippen LogP contribution < -0.4 is 15.7 Å². The van der Waals surface area contributed by atoms with Gasteiger partial charge >= 0.3 is 5.69 Å². The first-order valence-electron chi connectivity index (χ1n) is 7.43. The maximum atomic E-state index is 11.8.